The van der Waals surface area contributed by atoms with Crippen molar-refractivity contribution in [3.05, 3.63) is 0 Å². The fourth-order valence-electron chi connectivity index (χ4n) is 2.43. The van der Waals surface area contributed by atoms with Gasteiger partial charge in [-0.2, -0.15) is 0 Å². The SMILES string of the molecule is CCC(NC(=O)C1CCCOC1)(C(N)=O)C(C)C. The Labute approximate surface area is 108 Å². The van der Waals surface area contributed by atoms with Crippen molar-refractivity contribution in [3.8, 4) is 0 Å². The zero-order valence-electron chi connectivity index (χ0n) is 11.5. The lowest BCUT2D eigenvalue weighted by molar-refractivity contribution is -0.138. The van der Waals surface area contributed by atoms with Crippen LogP contribution in [-0.4, -0.2) is 30.6 Å². The summed E-state index contributed by atoms with van der Waals surface area (Å²) in [5.74, 6) is -0.787. The van der Waals surface area contributed by atoms with Crippen LogP contribution < -0.4 is 11.1 Å². The Morgan fingerprint density at radius 3 is 2.56 bits per heavy atom. The van der Waals surface area contributed by atoms with Crippen LogP contribution in [0.4, 0.5) is 0 Å². The van der Waals surface area contributed by atoms with Gasteiger partial charge in [-0.05, 0) is 25.2 Å². The zero-order chi connectivity index (χ0) is 13.8. The zero-order valence-corrected chi connectivity index (χ0v) is 11.5. The number of amides is 2. The average Bonchev–Trinajstić information content (AvgIpc) is 2.36. The van der Waals surface area contributed by atoms with E-state index in [9.17, 15) is 9.59 Å². The van der Waals surface area contributed by atoms with E-state index in [2.05, 4.69) is 5.32 Å². The largest absolute Gasteiger partial charge is 0.381 e. The van der Waals surface area contributed by atoms with Crippen LogP contribution in [0.3, 0.4) is 0 Å². The summed E-state index contributed by atoms with van der Waals surface area (Å²) in [6, 6.07) is 0. The van der Waals surface area contributed by atoms with Gasteiger partial charge >= 0.3 is 0 Å². The van der Waals surface area contributed by atoms with E-state index >= 15 is 0 Å². The second-order valence-corrected chi connectivity index (χ2v) is 5.25. The maximum absolute atomic E-state index is 12.2. The van der Waals surface area contributed by atoms with Crippen LogP contribution in [0.2, 0.25) is 0 Å². The molecule has 18 heavy (non-hydrogen) atoms. The molecule has 0 aromatic rings. The van der Waals surface area contributed by atoms with Crippen LogP contribution in [-0.2, 0) is 14.3 Å². The van der Waals surface area contributed by atoms with Crippen molar-refractivity contribution in [1.29, 1.82) is 0 Å². The van der Waals surface area contributed by atoms with Crippen LogP contribution >= 0.6 is 0 Å². The Morgan fingerprint density at radius 1 is 1.50 bits per heavy atom. The highest BCUT2D eigenvalue weighted by Crippen LogP contribution is 2.23. The maximum Gasteiger partial charge on any atom is 0.243 e. The molecular formula is C13H24N2O3. The van der Waals surface area contributed by atoms with Gasteiger partial charge in [0.2, 0.25) is 11.8 Å². The van der Waals surface area contributed by atoms with E-state index in [1.165, 1.54) is 0 Å². The molecule has 0 spiro atoms. The lowest BCUT2D eigenvalue weighted by atomic mass is 9.82. The van der Waals surface area contributed by atoms with Gasteiger partial charge in [0, 0.05) is 6.61 Å². The van der Waals surface area contributed by atoms with Crippen molar-refractivity contribution in [2.45, 2.75) is 45.6 Å². The summed E-state index contributed by atoms with van der Waals surface area (Å²) >= 11 is 0. The van der Waals surface area contributed by atoms with Crippen LogP contribution in [0.25, 0.3) is 0 Å². The topological polar surface area (TPSA) is 81.4 Å². The van der Waals surface area contributed by atoms with Gasteiger partial charge in [-0.1, -0.05) is 20.8 Å². The Bertz CT molecular complexity index is 311. The number of nitrogens with two attached hydrogens (primary N) is 1. The smallest absolute Gasteiger partial charge is 0.243 e. The van der Waals surface area contributed by atoms with Gasteiger partial charge in [0.15, 0.2) is 0 Å². The molecule has 0 saturated carbocycles. The van der Waals surface area contributed by atoms with E-state index in [1.54, 1.807) is 0 Å². The van der Waals surface area contributed by atoms with Crippen molar-refractivity contribution in [2.75, 3.05) is 13.2 Å². The van der Waals surface area contributed by atoms with Crippen LogP contribution in [0.5, 0.6) is 0 Å². The van der Waals surface area contributed by atoms with Gasteiger partial charge in [0.05, 0.1) is 12.5 Å². The third-order valence-electron chi connectivity index (χ3n) is 3.86. The molecule has 0 aromatic carbocycles. The molecule has 1 heterocycles. The predicted molar refractivity (Wildman–Crippen MR) is 68.7 cm³/mol. The molecule has 104 valence electrons. The van der Waals surface area contributed by atoms with Gasteiger partial charge < -0.3 is 15.8 Å². The summed E-state index contributed by atoms with van der Waals surface area (Å²) < 4.78 is 5.30. The van der Waals surface area contributed by atoms with Crippen LogP contribution in [0.15, 0.2) is 0 Å². The first-order valence-corrected chi connectivity index (χ1v) is 6.63. The molecule has 5 nitrogen and oxygen atoms in total. The van der Waals surface area contributed by atoms with Gasteiger partial charge in [-0.15, -0.1) is 0 Å². The van der Waals surface area contributed by atoms with Crippen LogP contribution in [0.1, 0.15) is 40.0 Å². The fraction of sp³-hybridized carbons (Fsp3) is 0.846. The number of carbonyl (C=O) groups is 2. The first kappa shape index (κ1) is 15.0. The molecule has 1 aliphatic rings. The molecule has 1 aliphatic heterocycles. The van der Waals surface area contributed by atoms with Gasteiger partial charge in [0.1, 0.15) is 5.54 Å². The minimum Gasteiger partial charge on any atom is -0.381 e. The monoisotopic (exact) mass is 256 g/mol. The summed E-state index contributed by atoms with van der Waals surface area (Å²) in [6.07, 6.45) is 2.19. The maximum atomic E-state index is 12.2. The Balaban J connectivity index is 2.76. The van der Waals surface area contributed by atoms with E-state index in [1.807, 2.05) is 20.8 Å². The van der Waals surface area contributed by atoms with Crippen molar-refractivity contribution in [1.82, 2.24) is 5.32 Å². The van der Waals surface area contributed by atoms with Crippen molar-refractivity contribution < 1.29 is 14.3 Å². The number of hydrogen-bond acceptors (Lipinski definition) is 3. The lowest BCUT2D eigenvalue weighted by Gasteiger charge is -2.36. The van der Waals surface area contributed by atoms with E-state index < -0.39 is 11.4 Å². The number of nitrogens with one attached hydrogen (secondary N) is 1. The Morgan fingerprint density at radius 2 is 2.17 bits per heavy atom. The highest BCUT2D eigenvalue weighted by Gasteiger charge is 2.41. The second-order valence-electron chi connectivity index (χ2n) is 5.25. The van der Waals surface area contributed by atoms with Gasteiger partial charge in [-0.25, -0.2) is 0 Å². The summed E-state index contributed by atoms with van der Waals surface area (Å²) in [4.78, 5) is 23.9. The summed E-state index contributed by atoms with van der Waals surface area (Å²) in [5.41, 5.74) is 4.53. The predicted octanol–water partition coefficient (Wildman–Crippen LogP) is 0.819. The Kier molecular flexibility index (Phi) is 5.14. The first-order valence-electron chi connectivity index (χ1n) is 6.63. The minimum atomic E-state index is -0.950. The minimum absolute atomic E-state index is 0.0338. The molecular weight excluding hydrogens is 232 g/mol. The molecule has 0 aliphatic carbocycles. The summed E-state index contributed by atoms with van der Waals surface area (Å²) in [6.45, 7) is 6.80. The number of primary amides is 1. The third kappa shape index (κ3) is 3.02. The standard InChI is InChI=1S/C13H24N2O3/c1-4-13(9(2)3,12(14)17)15-11(16)10-6-5-7-18-8-10/h9-10H,4-8H2,1-3H3,(H2,14,17)(H,15,16). The Hall–Kier alpha value is -1.10. The lowest BCUT2D eigenvalue weighted by Crippen LogP contribution is -2.61. The molecule has 3 N–H and O–H groups in total. The van der Waals surface area contributed by atoms with Crippen LogP contribution in [0, 0.1) is 11.8 Å². The highest BCUT2D eigenvalue weighted by molar-refractivity contribution is 5.91. The van der Waals surface area contributed by atoms with Gasteiger partial charge in [0.25, 0.3) is 0 Å². The average molecular weight is 256 g/mol. The molecule has 1 fully saturated rings. The van der Waals surface area contributed by atoms with Crippen molar-refractivity contribution in [2.24, 2.45) is 17.6 Å². The normalized spacial score (nSPS) is 23.4. The third-order valence-corrected chi connectivity index (χ3v) is 3.86. The number of rotatable bonds is 5. The molecule has 2 unspecified atom stereocenters. The van der Waals surface area contributed by atoms with Crippen molar-refractivity contribution >= 4 is 11.8 Å². The molecule has 0 bridgehead atoms. The number of ether oxygens (including phenoxy) is 1. The van der Waals surface area contributed by atoms with E-state index in [-0.39, 0.29) is 17.7 Å². The fourth-order valence-corrected chi connectivity index (χ4v) is 2.43. The summed E-state index contributed by atoms with van der Waals surface area (Å²) in [7, 11) is 0. The summed E-state index contributed by atoms with van der Waals surface area (Å²) in [5, 5.41) is 2.86. The van der Waals surface area contributed by atoms with Crippen molar-refractivity contribution in [3.63, 3.8) is 0 Å². The molecule has 0 aromatic heterocycles. The first-order chi connectivity index (χ1) is 8.44. The number of hydrogen-bond donors (Lipinski definition) is 2. The quantitative estimate of drug-likeness (QED) is 0.764. The molecule has 1 saturated heterocycles. The van der Waals surface area contributed by atoms with E-state index in [4.69, 9.17) is 10.5 Å². The molecule has 0 radical (unpaired) electrons. The molecule has 2 atom stereocenters. The van der Waals surface area contributed by atoms with E-state index in [0.29, 0.717) is 19.6 Å². The van der Waals surface area contributed by atoms with Gasteiger partial charge in [-0.3, -0.25) is 9.59 Å². The highest BCUT2D eigenvalue weighted by atomic mass is 16.5. The molecule has 5 heteroatoms. The number of carbonyl (C=O) groups excluding carboxylic acids is 2. The molecule has 1 rings (SSSR count). The molecule has 2 amide bonds. The van der Waals surface area contributed by atoms with E-state index in [0.717, 1.165) is 12.8 Å². The second kappa shape index (κ2) is 6.18.